The maximum Gasteiger partial charge on any atom is 0.333 e. The fourth-order valence-electron chi connectivity index (χ4n) is 7.01. The second-order valence-corrected chi connectivity index (χ2v) is 52.9. The Labute approximate surface area is 888 Å². The van der Waals surface area contributed by atoms with Crippen molar-refractivity contribution in [3.05, 3.63) is 110 Å². The number of carbonyl (C=O) groups is 14. The highest BCUT2D eigenvalue weighted by atomic mass is 79.9. The van der Waals surface area contributed by atoms with Crippen molar-refractivity contribution in [3.63, 3.8) is 0 Å². The summed E-state index contributed by atoms with van der Waals surface area (Å²) in [4.78, 5) is 174. The van der Waals surface area contributed by atoms with Gasteiger partial charge in [-0.05, 0) is 242 Å². The molecule has 6 unspecified atom stereocenters. The van der Waals surface area contributed by atoms with Gasteiger partial charge in [0.05, 0.1) is 46.0 Å². The lowest BCUT2D eigenvalue weighted by Gasteiger charge is -2.19. The SMILES string of the molecule is C=C(C)C(=O)OCC(C)OC(=O)C(C)(C)Br.C=C(C)C(=O)OCC(C)OC(=O)C(C)(C)Br.C=C(C)C(=O)OCCCOC(=O)C(C)(C)Br.C=C(C)C(=O)OCCOC(=O)C(C)(C)Br.C=C(C)C(CC(=O)C(C)(C)Br)OO.C=C(C)C(CC(=O)C(C)(C)Br)OO.C=C(C)C(CC(=O)C(C)(C)Br)OO.C=C(C)C(CCCCCCOC(=O)C(C)(C)Br)OO.C=CC(=O)OCCCCOC(=O)C(C)(C)Br. The van der Waals surface area contributed by atoms with Crippen LogP contribution in [0.1, 0.15) is 264 Å². The van der Waals surface area contributed by atoms with Gasteiger partial charge in [0, 0.05) is 54.1 Å². The van der Waals surface area contributed by atoms with Crippen LogP contribution in [0.2, 0.25) is 0 Å². The highest BCUT2D eigenvalue weighted by Gasteiger charge is 2.34. The first-order chi connectivity index (χ1) is 61.8. The number of rotatable bonds is 53. The van der Waals surface area contributed by atoms with Gasteiger partial charge >= 0.3 is 65.7 Å². The molecule has 0 saturated heterocycles. The molecule has 0 aromatic rings. The Kier molecular flexibility index (Phi) is 84.5. The average Bonchev–Trinajstić information content (AvgIpc) is 0.895. The zero-order valence-electron chi connectivity index (χ0n) is 85.1. The first-order valence-corrected chi connectivity index (χ1v) is 49.8. The van der Waals surface area contributed by atoms with E-state index in [9.17, 15) is 67.1 Å². The third-order valence-corrected chi connectivity index (χ3v) is 19.0. The lowest BCUT2D eigenvalue weighted by atomic mass is 10.00. The molecule has 42 heteroatoms. The Morgan fingerprint density at radius 1 is 0.270 bits per heavy atom. The lowest BCUT2D eigenvalue weighted by Crippen LogP contribution is -2.32. The molecule has 0 aliphatic rings. The number of ketones is 3. The van der Waals surface area contributed by atoms with Crippen LogP contribution in [-0.2, 0) is 139 Å². The molecule has 0 bridgehead atoms. The van der Waals surface area contributed by atoms with Crippen LogP contribution in [0.3, 0.4) is 0 Å². The summed E-state index contributed by atoms with van der Waals surface area (Å²) >= 11 is 28.9. The minimum Gasteiger partial charge on any atom is -0.465 e. The van der Waals surface area contributed by atoms with Gasteiger partial charge in [-0.25, -0.2) is 43.5 Å². The Bertz CT molecular complexity index is 3640. The van der Waals surface area contributed by atoms with Crippen LogP contribution >= 0.6 is 143 Å². The maximum absolute atomic E-state index is 11.5. The van der Waals surface area contributed by atoms with Crippen LogP contribution < -0.4 is 0 Å². The van der Waals surface area contributed by atoms with Gasteiger partial charge < -0.3 is 52.1 Å². The van der Waals surface area contributed by atoms with Gasteiger partial charge in [-0.1, -0.05) is 222 Å². The van der Waals surface area contributed by atoms with E-state index in [2.05, 4.69) is 222 Å². The van der Waals surface area contributed by atoms with E-state index in [-0.39, 0.29) is 100 Å². The fraction of sp³-hybridized carbons (Fsp3) is 0.663. The van der Waals surface area contributed by atoms with Gasteiger partial charge in [-0.3, -0.25) is 64.2 Å². The molecule has 794 valence electrons. The molecule has 6 atom stereocenters. The van der Waals surface area contributed by atoms with Crippen molar-refractivity contribution in [3.8, 4) is 0 Å². The number of esters is 11. The zero-order chi connectivity index (χ0) is 110. The molecular weight excluding hydrogens is 2390 g/mol. The third-order valence-electron chi connectivity index (χ3n) is 15.7. The molecule has 0 aliphatic carbocycles. The predicted octanol–water partition coefficient (Wildman–Crippen LogP) is 22.4. The van der Waals surface area contributed by atoms with E-state index in [4.69, 9.17) is 73.1 Å². The molecule has 4 N–H and O–H groups in total. The third kappa shape index (κ3) is 90.6. The van der Waals surface area contributed by atoms with Gasteiger partial charge in [-0.2, -0.15) is 0 Å². The fourth-order valence-corrected chi connectivity index (χ4v) is 8.14. The molecule has 0 aromatic carbocycles. The van der Waals surface area contributed by atoms with E-state index in [1.807, 2.05) is 6.92 Å². The minimum atomic E-state index is -0.736. The molecule has 0 rings (SSSR count). The topological polar surface area (TPSA) is 458 Å². The van der Waals surface area contributed by atoms with Crippen LogP contribution in [0.4, 0.5) is 0 Å². The molecule has 0 heterocycles. The van der Waals surface area contributed by atoms with E-state index < -0.39 is 117 Å². The quantitative estimate of drug-likeness (QED) is 0.00642. The molecule has 0 saturated carbocycles. The average molecular weight is 2540 g/mol. The van der Waals surface area contributed by atoms with E-state index in [1.54, 1.807) is 187 Å². The number of alkyl halides is 9. The molecule has 0 aliphatic heterocycles. The van der Waals surface area contributed by atoms with Crippen LogP contribution in [0, 0.1) is 0 Å². The van der Waals surface area contributed by atoms with Crippen molar-refractivity contribution in [2.75, 3.05) is 59.5 Å². The second-order valence-electron chi connectivity index (χ2n) is 35.1. The van der Waals surface area contributed by atoms with Crippen molar-refractivity contribution in [2.45, 2.75) is 340 Å². The van der Waals surface area contributed by atoms with Gasteiger partial charge in [0.25, 0.3) is 0 Å². The Hall–Kier alpha value is -5.16. The molecule has 33 nitrogen and oxygen atoms in total. The molecule has 0 spiro atoms. The minimum absolute atomic E-state index is 0.0283. The molecule has 137 heavy (non-hydrogen) atoms. The number of ether oxygens (including phenoxy) is 11. The maximum atomic E-state index is 11.5. The molecule has 0 amide bonds. The van der Waals surface area contributed by atoms with Crippen molar-refractivity contribution in [1.29, 1.82) is 0 Å². The highest BCUT2D eigenvalue weighted by Crippen LogP contribution is 2.28. The summed E-state index contributed by atoms with van der Waals surface area (Å²) in [6.45, 7) is 80.8. The number of carbonyl (C=O) groups excluding carboxylic acids is 14. The summed E-state index contributed by atoms with van der Waals surface area (Å²) in [6, 6.07) is 0. The number of unbranched alkanes of at least 4 members (excludes halogenated alkanes) is 4. The summed E-state index contributed by atoms with van der Waals surface area (Å²) < 4.78 is 48.2. The summed E-state index contributed by atoms with van der Waals surface area (Å²) in [5, 5.41) is 34.1. The van der Waals surface area contributed by atoms with E-state index in [0.29, 0.717) is 78.1 Å². The summed E-state index contributed by atoms with van der Waals surface area (Å²) in [5.41, 5.74) is 4.04. The Morgan fingerprint density at radius 3 is 0.701 bits per heavy atom. The van der Waals surface area contributed by atoms with Crippen LogP contribution in [-0.4, -0.2) is 239 Å². The van der Waals surface area contributed by atoms with Crippen molar-refractivity contribution < 1.29 is 160 Å². The van der Waals surface area contributed by atoms with Crippen LogP contribution in [0.25, 0.3) is 0 Å². The Balaban J connectivity index is -0.000000193. The molecular formula is C95H153Br9O33. The van der Waals surface area contributed by atoms with Crippen LogP contribution in [0.15, 0.2) is 110 Å². The van der Waals surface area contributed by atoms with E-state index >= 15 is 0 Å². The first-order valence-electron chi connectivity index (χ1n) is 42.6. The molecule has 0 fully saturated rings. The summed E-state index contributed by atoms with van der Waals surface area (Å²) in [5.74, 6) is -4.46. The number of halogens is 9. The molecule has 0 aromatic heterocycles. The standard InChI is InChI=1S/C14H25BrO4.4C11H17BrO4.C10H15BrO4.3C9H15BrO3/c1-11(2)12(19-17)9-7-5-6-8-10-18-13(16)14(3,4)15;2*1-7(2)9(13)15-6-8(3)16-10(14)11(4,5)12;1-8(2)9(13)15-6-5-7-16-10(14)11(3,4)12;1-4-9(13)15-7-5-6-8-16-10(14)11(2,3)12;1-7(2)8(12)14-5-6-15-9(13)10(3,4)11;3*1-6(2)7(13-12)5-8(11)9(3,4)10/h12,17H,1,5-10H2,2-4H3;2*8H,1,6H2,2-5H3;1,5-7H2,2-4H3;4H,1,5-8H2,2-3H3;1,5-6H2,2-4H3;3*7,12H,1,5H2,2-4H3. The van der Waals surface area contributed by atoms with Crippen molar-refractivity contribution in [1.82, 2.24) is 0 Å². The smallest absolute Gasteiger partial charge is 0.333 e. The van der Waals surface area contributed by atoms with E-state index in [0.717, 1.165) is 43.8 Å². The first kappa shape index (κ1) is 150. The number of hydrogen-bond acceptors (Lipinski definition) is 33. The Morgan fingerprint density at radius 2 is 0.474 bits per heavy atom. The lowest BCUT2D eigenvalue weighted by molar-refractivity contribution is -0.269. The van der Waals surface area contributed by atoms with Gasteiger partial charge in [-0.15, -0.1) is 0 Å². The molecule has 0 radical (unpaired) electrons. The van der Waals surface area contributed by atoms with Gasteiger partial charge in [0.1, 0.15) is 89.0 Å². The van der Waals surface area contributed by atoms with Gasteiger partial charge in [0.15, 0.2) is 17.3 Å². The predicted molar refractivity (Wildman–Crippen MR) is 561 cm³/mol. The largest absolute Gasteiger partial charge is 0.465 e. The van der Waals surface area contributed by atoms with Crippen molar-refractivity contribution in [2.24, 2.45) is 0 Å². The monoisotopic (exact) mass is 2530 g/mol. The number of hydrogen-bond donors (Lipinski definition) is 4. The second kappa shape index (κ2) is 77.4. The summed E-state index contributed by atoms with van der Waals surface area (Å²) in [7, 11) is 0. The summed E-state index contributed by atoms with van der Waals surface area (Å²) in [6.07, 6.45) is 4.84. The normalized spacial score (nSPS) is 12.4. The van der Waals surface area contributed by atoms with E-state index in [1.165, 1.54) is 0 Å². The number of Topliss-reactive ketones (excluding diaryl/α,β-unsaturated/α-hetero) is 3. The van der Waals surface area contributed by atoms with Crippen molar-refractivity contribution >= 4 is 226 Å². The van der Waals surface area contributed by atoms with Gasteiger partial charge in [0.2, 0.25) is 0 Å². The zero-order valence-corrected chi connectivity index (χ0v) is 99.4. The highest BCUT2D eigenvalue weighted by molar-refractivity contribution is 9.11. The van der Waals surface area contributed by atoms with Crippen LogP contribution in [0.5, 0.6) is 0 Å².